The van der Waals surface area contributed by atoms with Crippen LogP contribution in [-0.4, -0.2) is 18.2 Å². The summed E-state index contributed by atoms with van der Waals surface area (Å²) in [6.07, 6.45) is 1.58. The van der Waals surface area contributed by atoms with Crippen LogP contribution < -0.4 is 4.72 Å². The minimum atomic E-state index is -3.76. The van der Waals surface area contributed by atoms with Crippen LogP contribution in [0.1, 0.15) is 32.0 Å². The van der Waals surface area contributed by atoms with E-state index in [1.165, 1.54) is 0 Å². The van der Waals surface area contributed by atoms with Crippen LogP contribution in [0.4, 0.5) is 5.69 Å². The molecule has 26 heavy (non-hydrogen) atoms. The number of hydrogen-bond donors (Lipinski definition) is 1. The second kappa shape index (κ2) is 6.61. The number of para-hydroxylation sites is 1. The van der Waals surface area contributed by atoms with E-state index in [-0.39, 0.29) is 4.90 Å². The number of nitrogens with zero attached hydrogens (tertiary/aromatic N) is 2. The molecular weight excluding hydrogens is 346 g/mol. The summed E-state index contributed by atoms with van der Waals surface area (Å²) in [4.78, 5) is 0.189. The fraction of sp³-hybridized carbons (Fsp3) is 0.250. The van der Waals surface area contributed by atoms with E-state index in [2.05, 4.69) is 9.82 Å². The number of aromatic nitrogens is 2. The maximum atomic E-state index is 13.0. The molecule has 1 heterocycles. The zero-order valence-electron chi connectivity index (χ0n) is 15.4. The van der Waals surface area contributed by atoms with E-state index in [9.17, 15) is 8.42 Å². The van der Waals surface area contributed by atoms with E-state index < -0.39 is 15.4 Å². The van der Waals surface area contributed by atoms with Crippen molar-refractivity contribution in [3.8, 4) is 5.69 Å². The van der Waals surface area contributed by atoms with Crippen molar-refractivity contribution in [1.82, 2.24) is 9.78 Å². The van der Waals surface area contributed by atoms with E-state index in [0.717, 1.165) is 11.3 Å². The van der Waals surface area contributed by atoms with Gasteiger partial charge in [-0.25, -0.2) is 13.1 Å². The summed E-state index contributed by atoms with van der Waals surface area (Å²) in [6.45, 7) is 7.82. The summed E-state index contributed by atoms with van der Waals surface area (Å²) < 4.78 is 30.3. The molecule has 0 fully saturated rings. The highest BCUT2D eigenvalue weighted by Gasteiger charge is 2.30. The lowest BCUT2D eigenvalue weighted by Crippen LogP contribution is -2.20. The van der Waals surface area contributed by atoms with Crippen LogP contribution in [0.5, 0.6) is 0 Å². The number of benzene rings is 2. The summed E-state index contributed by atoms with van der Waals surface area (Å²) in [5, 5.41) is 4.57. The van der Waals surface area contributed by atoms with Gasteiger partial charge in [-0.1, -0.05) is 56.7 Å². The Bertz CT molecular complexity index is 999. The molecule has 136 valence electrons. The highest BCUT2D eigenvalue weighted by atomic mass is 32.2. The molecule has 0 unspecified atom stereocenters. The second-order valence-corrected chi connectivity index (χ2v) is 8.99. The van der Waals surface area contributed by atoms with Crippen molar-refractivity contribution in [1.29, 1.82) is 0 Å². The first-order chi connectivity index (χ1) is 12.2. The largest absolute Gasteiger partial charge is 0.280 e. The van der Waals surface area contributed by atoms with Gasteiger partial charge in [0.15, 0.2) is 0 Å². The minimum absolute atomic E-state index is 0.189. The lowest BCUT2D eigenvalue weighted by atomic mass is 9.92. The van der Waals surface area contributed by atoms with Gasteiger partial charge in [-0.2, -0.15) is 5.10 Å². The number of rotatable bonds is 4. The molecule has 0 amide bonds. The van der Waals surface area contributed by atoms with Crippen LogP contribution in [0.15, 0.2) is 65.7 Å². The molecule has 3 rings (SSSR count). The molecule has 0 atom stereocenters. The first kappa shape index (κ1) is 18.2. The minimum Gasteiger partial charge on any atom is -0.280 e. The van der Waals surface area contributed by atoms with Gasteiger partial charge < -0.3 is 0 Å². The van der Waals surface area contributed by atoms with Gasteiger partial charge in [0.25, 0.3) is 10.0 Å². The summed E-state index contributed by atoms with van der Waals surface area (Å²) in [7, 11) is -3.76. The van der Waals surface area contributed by atoms with E-state index >= 15 is 0 Å². The van der Waals surface area contributed by atoms with Crippen molar-refractivity contribution in [2.24, 2.45) is 0 Å². The van der Waals surface area contributed by atoms with Gasteiger partial charge in [-0.05, 0) is 31.2 Å². The van der Waals surface area contributed by atoms with Gasteiger partial charge in [-0.15, -0.1) is 0 Å². The molecule has 0 aliphatic carbocycles. The van der Waals surface area contributed by atoms with Crippen molar-refractivity contribution in [3.05, 3.63) is 72.1 Å². The molecule has 0 aliphatic heterocycles. The quantitative estimate of drug-likeness (QED) is 0.746. The Morgan fingerprint density at radius 2 is 1.58 bits per heavy atom. The zero-order valence-corrected chi connectivity index (χ0v) is 16.2. The summed E-state index contributed by atoms with van der Waals surface area (Å²) in [6, 6.07) is 16.7. The normalized spacial score (nSPS) is 12.2. The standard InChI is InChI=1S/C20H23N3O2S/c1-15-10-12-16(13-11-15)22-26(24,25)18-14-23(17-8-6-5-7-9-17)21-19(18)20(2,3)4/h5-14,22H,1-4H3. The average Bonchev–Trinajstić information content (AvgIpc) is 3.04. The first-order valence-corrected chi connectivity index (χ1v) is 9.90. The molecule has 5 nitrogen and oxygen atoms in total. The molecule has 2 aromatic carbocycles. The first-order valence-electron chi connectivity index (χ1n) is 8.42. The number of nitrogens with one attached hydrogen (secondary N) is 1. The molecule has 0 aliphatic rings. The van der Waals surface area contributed by atoms with Crippen LogP contribution in [0.2, 0.25) is 0 Å². The van der Waals surface area contributed by atoms with Crippen LogP contribution in [0.3, 0.4) is 0 Å². The third-order valence-electron chi connectivity index (χ3n) is 4.01. The number of aryl methyl sites for hydroxylation is 1. The van der Waals surface area contributed by atoms with Crippen molar-refractivity contribution < 1.29 is 8.42 Å². The van der Waals surface area contributed by atoms with Crippen LogP contribution in [-0.2, 0) is 15.4 Å². The van der Waals surface area contributed by atoms with Gasteiger partial charge in [-0.3, -0.25) is 4.72 Å². The molecule has 1 N–H and O–H groups in total. The van der Waals surface area contributed by atoms with E-state index in [4.69, 9.17) is 0 Å². The molecule has 0 saturated carbocycles. The maximum absolute atomic E-state index is 13.0. The van der Waals surface area contributed by atoms with Crippen molar-refractivity contribution >= 4 is 15.7 Å². The summed E-state index contributed by atoms with van der Waals surface area (Å²) >= 11 is 0. The van der Waals surface area contributed by atoms with Crippen molar-refractivity contribution in [3.63, 3.8) is 0 Å². The van der Waals surface area contributed by atoms with Crippen LogP contribution in [0, 0.1) is 6.92 Å². The average molecular weight is 369 g/mol. The molecular formula is C20H23N3O2S. The topological polar surface area (TPSA) is 64.0 Å². The van der Waals surface area contributed by atoms with Gasteiger partial charge in [0.2, 0.25) is 0 Å². The van der Waals surface area contributed by atoms with Gasteiger partial charge in [0.1, 0.15) is 4.90 Å². The summed E-state index contributed by atoms with van der Waals surface area (Å²) in [5.74, 6) is 0. The third-order valence-corrected chi connectivity index (χ3v) is 5.39. The van der Waals surface area contributed by atoms with Crippen LogP contribution >= 0.6 is 0 Å². The second-order valence-electron chi connectivity index (χ2n) is 7.34. The molecule has 0 bridgehead atoms. The Hall–Kier alpha value is -2.60. The zero-order chi connectivity index (χ0) is 18.9. The lowest BCUT2D eigenvalue weighted by Gasteiger charge is -2.17. The molecule has 0 spiro atoms. The lowest BCUT2D eigenvalue weighted by molar-refractivity contribution is 0.543. The van der Waals surface area contributed by atoms with Gasteiger partial charge in [0, 0.05) is 11.1 Å². The van der Waals surface area contributed by atoms with Crippen molar-refractivity contribution in [2.45, 2.75) is 38.0 Å². The molecule has 3 aromatic rings. The molecule has 1 aromatic heterocycles. The van der Waals surface area contributed by atoms with E-state index in [0.29, 0.717) is 11.4 Å². The highest BCUT2D eigenvalue weighted by Crippen LogP contribution is 2.30. The Labute approximate surface area is 154 Å². The maximum Gasteiger partial charge on any atom is 0.265 e. The highest BCUT2D eigenvalue weighted by molar-refractivity contribution is 7.92. The Balaban J connectivity index is 2.07. The monoisotopic (exact) mass is 369 g/mol. The predicted octanol–water partition coefficient (Wildman–Crippen LogP) is 4.28. The van der Waals surface area contributed by atoms with Crippen LogP contribution in [0.25, 0.3) is 5.69 Å². The Kier molecular flexibility index (Phi) is 4.63. The van der Waals surface area contributed by atoms with E-state index in [1.807, 2.05) is 70.2 Å². The van der Waals surface area contributed by atoms with E-state index in [1.54, 1.807) is 23.0 Å². The Morgan fingerprint density at radius 3 is 2.15 bits per heavy atom. The number of hydrogen-bond acceptors (Lipinski definition) is 3. The molecule has 0 saturated heterocycles. The Morgan fingerprint density at radius 1 is 0.962 bits per heavy atom. The number of anilines is 1. The fourth-order valence-corrected chi connectivity index (χ4v) is 4.02. The smallest absolute Gasteiger partial charge is 0.265 e. The molecule has 6 heteroatoms. The predicted molar refractivity (Wildman–Crippen MR) is 104 cm³/mol. The number of sulfonamides is 1. The van der Waals surface area contributed by atoms with Gasteiger partial charge in [0.05, 0.1) is 17.6 Å². The molecule has 0 radical (unpaired) electrons. The van der Waals surface area contributed by atoms with Gasteiger partial charge >= 0.3 is 0 Å². The fourth-order valence-electron chi connectivity index (χ4n) is 2.62. The van der Waals surface area contributed by atoms with Crippen molar-refractivity contribution in [2.75, 3.05) is 4.72 Å². The third kappa shape index (κ3) is 3.80. The summed E-state index contributed by atoms with van der Waals surface area (Å²) in [5.41, 5.74) is 2.52. The SMILES string of the molecule is Cc1ccc(NS(=O)(=O)c2cn(-c3ccccc3)nc2C(C)(C)C)cc1.